The quantitative estimate of drug-likeness (QED) is 0.660. The summed E-state index contributed by atoms with van der Waals surface area (Å²) in [6, 6.07) is 14.1. The van der Waals surface area contributed by atoms with Crippen LogP contribution in [0.3, 0.4) is 0 Å². The summed E-state index contributed by atoms with van der Waals surface area (Å²) in [5.74, 6) is 1.18. The van der Waals surface area contributed by atoms with Gasteiger partial charge in [-0.2, -0.15) is 0 Å². The number of aromatic nitrogens is 1. The summed E-state index contributed by atoms with van der Waals surface area (Å²) in [5.41, 5.74) is 4.11. The lowest BCUT2D eigenvalue weighted by Crippen LogP contribution is -2.15. The van der Waals surface area contributed by atoms with Crippen LogP contribution in [-0.4, -0.2) is 16.2 Å². The second kappa shape index (κ2) is 8.10. The zero-order chi connectivity index (χ0) is 18.7. The van der Waals surface area contributed by atoms with Crippen molar-refractivity contribution in [2.75, 3.05) is 11.1 Å². The first-order valence-corrected chi connectivity index (χ1v) is 10.5. The number of thioether (sulfide) groups is 1. The number of anilines is 1. The second-order valence-corrected chi connectivity index (χ2v) is 8.52. The summed E-state index contributed by atoms with van der Waals surface area (Å²) in [4.78, 5) is 24.3. The molecule has 1 heterocycles. The maximum absolute atomic E-state index is 12.2. The minimum Gasteiger partial charge on any atom is -0.325 e. The third-order valence-electron chi connectivity index (χ3n) is 4.00. The van der Waals surface area contributed by atoms with E-state index in [9.17, 15) is 9.59 Å². The molecule has 0 aliphatic heterocycles. The Bertz CT molecular complexity index is 989. The minimum atomic E-state index is -0.0300. The Kier molecular flexibility index (Phi) is 5.84. The number of hydrogen-bond donors (Lipinski definition) is 1. The van der Waals surface area contributed by atoms with Gasteiger partial charge in [-0.1, -0.05) is 41.2 Å². The van der Waals surface area contributed by atoms with Crippen molar-refractivity contribution < 1.29 is 4.79 Å². The number of thiazole rings is 1. The molecule has 0 radical (unpaired) electrons. The number of rotatable bonds is 6. The first-order valence-electron chi connectivity index (χ1n) is 8.52. The average Bonchev–Trinajstić information content (AvgIpc) is 2.90. The van der Waals surface area contributed by atoms with E-state index in [0.29, 0.717) is 5.75 Å². The van der Waals surface area contributed by atoms with Gasteiger partial charge in [0.25, 0.3) is 0 Å². The van der Waals surface area contributed by atoms with Crippen molar-refractivity contribution in [3.8, 4) is 0 Å². The van der Waals surface area contributed by atoms with E-state index in [1.165, 1.54) is 22.5 Å². The van der Waals surface area contributed by atoms with E-state index in [1.807, 2.05) is 38.1 Å². The maximum Gasteiger partial charge on any atom is 0.308 e. The van der Waals surface area contributed by atoms with E-state index in [0.717, 1.165) is 21.7 Å². The molecule has 0 bridgehead atoms. The number of carbonyl (C=O) groups excluding carboxylic acids is 1. The fourth-order valence-corrected chi connectivity index (χ4v) is 4.69. The molecule has 0 aliphatic carbocycles. The lowest BCUT2D eigenvalue weighted by Gasteiger charge is -2.09. The molecule has 0 saturated carbocycles. The zero-order valence-corrected chi connectivity index (χ0v) is 16.7. The fraction of sp³-hybridized carbons (Fsp3) is 0.300. The Labute approximate surface area is 161 Å². The van der Waals surface area contributed by atoms with Gasteiger partial charge in [0.2, 0.25) is 5.91 Å². The Balaban J connectivity index is 1.61. The number of carbonyl (C=O) groups is 1. The molecule has 0 fully saturated rings. The van der Waals surface area contributed by atoms with Crippen molar-refractivity contribution in [3.05, 3.63) is 63.3 Å². The molecule has 2 aromatic carbocycles. The molecular formula is C20H22N2O2S2. The first-order chi connectivity index (χ1) is 12.4. The molecule has 4 nitrogen and oxygen atoms in total. The largest absolute Gasteiger partial charge is 0.325 e. The van der Waals surface area contributed by atoms with E-state index in [2.05, 4.69) is 30.4 Å². The number of benzene rings is 2. The summed E-state index contributed by atoms with van der Waals surface area (Å²) < 4.78 is 2.68. The van der Waals surface area contributed by atoms with Gasteiger partial charge < -0.3 is 5.32 Å². The van der Waals surface area contributed by atoms with Crippen molar-refractivity contribution in [2.24, 2.45) is 0 Å². The van der Waals surface area contributed by atoms with Crippen LogP contribution in [0, 0.1) is 6.92 Å². The first kappa shape index (κ1) is 18.7. The van der Waals surface area contributed by atoms with E-state index < -0.39 is 0 Å². The molecule has 1 aromatic heterocycles. The van der Waals surface area contributed by atoms with Crippen molar-refractivity contribution >= 4 is 44.9 Å². The molecule has 1 N–H and O–H groups in total. The Morgan fingerprint density at radius 3 is 2.77 bits per heavy atom. The van der Waals surface area contributed by atoms with Crippen LogP contribution in [0.15, 0.2) is 47.3 Å². The molecule has 0 saturated heterocycles. The van der Waals surface area contributed by atoms with Gasteiger partial charge in [-0.05, 0) is 44.5 Å². The smallest absolute Gasteiger partial charge is 0.308 e. The Morgan fingerprint density at radius 2 is 2.04 bits per heavy atom. The van der Waals surface area contributed by atoms with Gasteiger partial charge in [0.05, 0.1) is 16.0 Å². The van der Waals surface area contributed by atoms with Gasteiger partial charge >= 0.3 is 4.87 Å². The van der Waals surface area contributed by atoms with Gasteiger partial charge in [-0.15, -0.1) is 11.8 Å². The van der Waals surface area contributed by atoms with Crippen molar-refractivity contribution in [2.45, 2.75) is 32.6 Å². The predicted molar refractivity (Wildman–Crippen MR) is 112 cm³/mol. The number of fused-ring (bicyclic) bond motifs is 1. The Hall–Kier alpha value is -2.05. The monoisotopic (exact) mass is 386 g/mol. The molecule has 136 valence electrons. The van der Waals surface area contributed by atoms with Crippen LogP contribution in [0.25, 0.3) is 10.2 Å². The number of nitrogens with zero attached hydrogens (tertiary/aromatic N) is 1. The second-order valence-electron chi connectivity index (χ2n) is 6.54. The minimum absolute atomic E-state index is 0.0300. The summed E-state index contributed by atoms with van der Waals surface area (Å²) in [7, 11) is 0. The SMILES string of the molecule is Cc1cccc(CSCC(=O)Nc2ccc3c(c2)sc(=O)n3C(C)C)c1. The number of hydrogen-bond acceptors (Lipinski definition) is 4. The topological polar surface area (TPSA) is 51.1 Å². The van der Waals surface area contributed by atoms with Gasteiger partial charge in [0, 0.05) is 17.5 Å². The number of aryl methyl sites for hydroxylation is 1. The number of nitrogens with one attached hydrogen (secondary N) is 1. The van der Waals surface area contributed by atoms with Gasteiger partial charge in [0.15, 0.2) is 0 Å². The van der Waals surface area contributed by atoms with Crippen molar-refractivity contribution in [1.82, 2.24) is 4.57 Å². The van der Waals surface area contributed by atoms with Crippen LogP contribution in [0.1, 0.15) is 31.0 Å². The molecule has 1 amide bonds. The molecule has 0 unspecified atom stereocenters. The van der Waals surface area contributed by atoms with Crippen molar-refractivity contribution in [3.63, 3.8) is 0 Å². The van der Waals surface area contributed by atoms with Crippen LogP contribution < -0.4 is 10.2 Å². The highest BCUT2D eigenvalue weighted by Gasteiger charge is 2.11. The fourth-order valence-electron chi connectivity index (χ4n) is 2.86. The van der Waals surface area contributed by atoms with Gasteiger partial charge in [-0.3, -0.25) is 14.2 Å². The maximum atomic E-state index is 12.2. The lowest BCUT2D eigenvalue weighted by molar-refractivity contribution is -0.113. The summed E-state index contributed by atoms with van der Waals surface area (Å²) in [5, 5.41) is 2.93. The van der Waals surface area contributed by atoms with Crippen LogP contribution >= 0.6 is 23.1 Å². The Morgan fingerprint density at radius 1 is 1.23 bits per heavy atom. The van der Waals surface area contributed by atoms with Gasteiger partial charge in [-0.25, -0.2) is 0 Å². The normalized spacial score (nSPS) is 11.2. The van der Waals surface area contributed by atoms with E-state index in [1.54, 1.807) is 16.3 Å². The van der Waals surface area contributed by atoms with Crippen LogP contribution in [-0.2, 0) is 10.5 Å². The lowest BCUT2D eigenvalue weighted by atomic mass is 10.2. The number of amides is 1. The highest BCUT2D eigenvalue weighted by molar-refractivity contribution is 7.99. The molecular weight excluding hydrogens is 364 g/mol. The predicted octanol–water partition coefficient (Wildman–Crippen LogP) is 4.82. The van der Waals surface area contributed by atoms with Gasteiger partial charge in [0.1, 0.15) is 0 Å². The molecule has 0 spiro atoms. The molecule has 3 rings (SSSR count). The average molecular weight is 387 g/mol. The van der Waals surface area contributed by atoms with E-state index >= 15 is 0 Å². The third-order valence-corrected chi connectivity index (χ3v) is 5.92. The molecule has 0 atom stereocenters. The zero-order valence-electron chi connectivity index (χ0n) is 15.1. The van der Waals surface area contributed by atoms with E-state index in [4.69, 9.17) is 0 Å². The van der Waals surface area contributed by atoms with Crippen LogP contribution in [0.4, 0.5) is 5.69 Å². The molecule has 3 aromatic rings. The summed E-state index contributed by atoms with van der Waals surface area (Å²) in [6.07, 6.45) is 0. The highest BCUT2D eigenvalue weighted by Crippen LogP contribution is 2.24. The summed E-state index contributed by atoms with van der Waals surface area (Å²) in [6.45, 7) is 6.06. The molecule has 26 heavy (non-hydrogen) atoms. The third kappa shape index (κ3) is 4.37. The van der Waals surface area contributed by atoms with E-state index in [-0.39, 0.29) is 16.8 Å². The molecule has 0 aliphatic rings. The molecule has 6 heteroatoms. The van der Waals surface area contributed by atoms with Crippen LogP contribution in [0.2, 0.25) is 0 Å². The highest BCUT2D eigenvalue weighted by atomic mass is 32.2. The van der Waals surface area contributed by atoms with Crippen LogP contribution in [0.5, 0.6) is 0 Å². The standard InChI is InChI=1S/C20H22N2O2S2/c1-13(2)22-17-8-7-16(10-18(17)26-20(22)24)21-19(23)12-25-11-15-6-4-5-14(3)9-15/h4-10,13H,11-12H2,1-3H3,(H,21,23). The van der Waals surface area contributed by atoms with Crippen molar-refractivity contribution in [1.29, 1.82) is 0 Å². The summed E-state index contributed by atoms with van der Waals surface area (Å²) >= 11 is 2.81.